The Kier molecular flexibility index (Phi) is 3.97. The first kappa shape index (κ1) is 13.1. The summed E-state index contributed by atoms with van der Waals surface area (Å²) in [6, 6.07) is 8.48. The van der Waals surface area contributed by atoms with E-state index in [9.17, 15) is 0 Å². The lowest BCUT2D eigenvalue weighted by molar-refractivity contribution is 0.337. The quantitative estimate of drug-likeness (QED) is 0.927. The number of ether oxygens (including phenoxy) is 1. The molecule has 0 amide bonds. The van der Waals surface area contributed by atoms with Crippen molar-refractivity contribution in [1.29, 1.82) is 0 Å². The number of piperidine rings is 1. The standard InChI is InChI=1S/C15H20N4O/c1-2-20-14-5-3-12(4-6-14)15-11-19(18-17-15)13-7-9-16-10-8-13/h3-6,11,13,16H,2,7-10H2,1H3. The number of nitrogens with one attached hydrogen (secondary N) is 1. The van der Waals surface area contributed by atoms with Gasteiger partial charge in [0.05, 0.1) is 18.8 Å². The summed E-state index contributed by atoms with van der Waals surface area (Å²) in [5, 5.41) is 11.9. The van der Waals surface area contributed by atoms with Gasteiger partial charge in [-0.3, -0.25) is 0 Å². The van der Waals surface area contributed by atoms with Crippen LogP contribution in [0.3, 0.4) is 0 Å². The van der Waals surface area contributed by atoms with E-state index in [2.05, 4.69) is 15.6 Å². The highest BCUT2D eigenvalue weighted by Crippen LogP contribution is 2.23. The molecule has 1 saturated heterocycles. The number of hydrogen-bond donors (Lipinski definition) is 1. The molecule has 0 bridgehead atoms. The number of hydrogen-bond acceptors (Lipinski definition) is 4. The van der Waals surface area contributed by atoms with E-state index >= 15 is 0 Å². The third kappa shape index (κ3) is 2.82. The van der Waals surface area contributed by atoms with Gasteiger partial charge >= 0.3 is 0 Å². The third-order valence-electron chi connectivity index (χ3n) is 3.65. The van der Waals surface area contributed by atoms with Crippen molar-refractivity contribution in [2.75, 3.05) is 19.7 Å². The van der Waals surface area contributed by atoms with E-state index in [0.29, 0.717) is 12.6 Å². The Morgan fingerprint density at radius 1 is 1.25 bits per heavy atom. The van der Waals surface area contributed by atoms with Gasteiger partial charge in [-0.05, 0) is 57.1 Å². The lowest BCUT2D eigenvalue weighted by Gasteiger charge is -2.22. The molecule has 106 valence electrons. The SMILES string of the molecule is CCOc1ccc(-c2cn(C3CCNCC3)nn2)cc1. The molecule has 5 nitrogen and oxygen atoms in total. The number of rotatable bonds is 4. The van der Waals surface area contributed by atoms with Crippen molar-refractivity contribution in [2.45, 2.75) is 25.8 Å². The zero-order valence-corrected chi connectivity index (χ0v) is 11.7. The first-order valence-electron chi connectivity index (χ1n) is 7.22. The first-order chi connectivity index (χ1) is 9.86. The molecule has 1 aromatic carbocycles. The molecular formula is C15H20N4O. The molecule has 3 rings (SSSR count). The summed E-state index contributed by atoms with van der Waals surface area (Å²) >= 11 is 0. The average molecular weight is 272 g/mol. The zero-order chi connectivity index (χ0) is 13.8. The van der Waals surface area contributed by atoms with E-state index in [-0.39, 0.29) is 0 Å². The van der Waals surface area contributed by atoms with E-state index in [1.165, 1.54) is 0 Å². The predicted molar refractivity (Wildman–Crippen MR) is 77.8 cm³/mol. The molecule has 1 aromatic heterocycles. The van der Waals surface area contributed by atoms with Crippen LogP contribution in [0.1, 0.15) is 25.8 Å². The fraction of sp³-hybridized carbons (Fsp3) is 0.467. The summed E-state index contributed by atoms with van der Waals surface area (Å²) in [7, 11) is 0. The van der Waals surface area contributed by atoms with E-state index in [1.54, 1.807) is 0 Å². The zero-order valence-electron chi connectivity index (χ0n) is 11.7. The van der Waals surface area contributed by atoms with Gasteiger partial charge < -0.3 is 10.1 Å². The summed E-state index contributed by atoms with van der Waals surface area (Å²) in [5.74, 6) is 0.891. The first-order valence-corrected chi connectivity index (χ1v) is 7.22. The van der Waals surface area contributed by atoms with Crippen molar-refractivity contribution >= 4 is 0 Å². The largest absolute Gasteiger partial charge is 0.494 e. The normalized spacial score (nSPS) is 16.2. The molecule has 0 radical (unpaired) electrons. The Bertz CT molecular complexity index is 543. The van der Waals surface area contributed by atoms with E-state index < -0.39 is 0 Å². The minimum absolute atomic E-state index is 0.472. The lowest BCUT2D eigenvalue weighted by Crippen LogP contribution is -2.29. The fourth-order valence-corrected chi connectivity index (χ4v) is 2.55. The van der Waals surface area contributed by atoms with Gasteiger partial charge in [-0.1, -0.05) is 5.21 Å². The van der Waals surface area contributed by atoms with Crippen LogP contribution in [0.5, 0.6) is 5.75 Å². The molecule has 1 aliphatic heterocycles. The summed E-state index contributed by atoms with van der Waals surface area (Å²) < 4.78 is 7.46. The number of nitrogens with zero attached hydrogens (tertiary/aromatic N) is 3. The Labute approximate surface area is 118 Å². The lowest BCUT2D eigenvalue weighted by atomic mass is 10.1. The van der Waals surface area contributed by atoms with E-state index in [0.717, 1.165) is 42.9 Å². The molecule has 2 heterocycles. The van der Waals surface area contributed by atoms with Crippen LogP contribution in [-0.2, 0) is 0 Å². The van der Waals surface area contributed by atoms with Gasteiger partial charge in [-0.2, -0.15) is 0 Å². The number of aromatic nitrogens is 3. The highest BCUT2D eigenvalue weighted by molar-refractivity contribution is 5.58. The highest BCUT2D eigenvalue weighted by atomic mass is 16.5. The topological polar surface area (TPSA) is 52.0 Å². The summed E-state index contributed by atoms with van der Waals surface area (Å²) in [5.41, 5.74) is 2.00. The Balaban J connectivity index is 1.75. The van der Waals surface area contributed by atoms with Gasteiger partial charge in [0, 0.05) is 5.56 Å². The Morgan fingerprint density at radius 2 is 2.00 bits per heavy atom. The van der Waals surface area contributed by atoms with E-state index in [1.807, 2.05) is 42.1 Å². The molecular weight excluding hydrogens is 252 g/mol. The van der Waals surface area contributed by atoms with Gasteiger partial charge in [-0.15, -0.1) is 5.10 Å². The summed E-state index contributed by atoms with van der Waals surface area (Å²) in [6.45, 7) is 4.79. The van der Waals surface area contributed by atoms with Crippen LogP contribution in [0.4, 0.5) is 0 Å². The second kappa shape index (κ2) is 6.05. The molecule has 0 atom stereocenters. The van der Waals surface area contributed by atoms with Crippen molar-refractivity contribution in [3.05, 3.63) is 30.5 Å². The maximum atomic E-state index is 5.45. The van der Waals surface area contributed by atoms with Crippen LogP contribution in [0, 0.1) is 0 Å². The van der Waals surface area contributed by atoms with E-state index in [4.69, 9.17) is 4.74 Å². The maximum Gasteiger partial charge on any atom is 0.119 e. The van der Waals surface area contributed by atoms with Crippen molar-refractivity contribution in [3.63, 3.8) is 0 Å². The van der Waals surface area contributed by atoms with Gasteiger partial charge in [0.15, 0.2) is 0 Å². The van der Waals surface area contributed by atoms with Gasteiger partial charge in [0.1, 0.15) is 11.4 Å². The second-order valence-electron chi connectivity index (χ2n) is 5.02. The monoisotopic (exact) mass is 272 g/mol. The summed E-state index contributed by atoms with van der Waals surface area (Å²) in [4.78, 5) is 0. The van der Waals surface area contributed by atoms with Crippen LogP contribution in [0.25, 0.3) is 11.3 Å². The van der Waals surface area contributed by atoms with Crippen LogP contribution >= 0.6 is 0 Å². The smallest absolute Gasteiger partial charge is 0.119 e. The molecule has 1 fully saturated rings. The number of benzene rings is 1. The maximum absolute atomic E-state index is 5.45. The molecule has 1 N–H and O–H groups in total. The molecule has 0 aliphatic carbocycles. The van der Waals surface area contributed by atoms with Crippen LogP contribution in [-0.4, -0.2) is 34.7 Å². The molecule has 2 aromatic rings. The van der Waals surface area contributed by atoms with Crippen molar-refractivity contribution in [1.82, 2.24) is 20.3 Å². The van der Waals surface area contributed by atoms with Gasteiger partial charge in [0.2, 0.25) is 0 Å². The minimum Gasteiger partial charge on any atom is -0.494 e. The molecule has 5 heteroatoms. The Morgan fingerprint density at radius 3 is 2.70 bits per heavy atom. The van der Waals surface area contributed by atoms with Crippen molar-refractivity contribution < 1.29 is 4.74 Å². The highest BCUT2D eigenvalue weighted by Gasteiger charge is 2.16. The minimum atomic E-state index is 0.472. The Hall–Kier alpha value is -1.88. The summed E-state index contributed by atoms with van der Waals surface area (Å²) in [6.07, 6.45) is 4.28. The van der Waals surface area contributed by atoms with Gasteiger partial charge in [0.25, 0.3) is 0 Å². The van der Waals surface area contributed by atoms with Gasteiger partial charge in [-0.25, -0.2) is 4.68 Å². The molecule has 1 aliphatic rings. The fourth-order valence-electron chi connectivity index (χ4n) is 2.55. The molecule has 0 spiro atoms. The molecule has 0 unspecified atom stereocenters. The van der Waals surface area contributed by atoms with Crippen molar-refractivity contribution in [3.8, 4) is 17.0 Å². The van der Waals surface area contributed by atoms with Crippen LogP contribution < -0.4 is 10.1 Å². The van der Waals surface area contributed by atoms with Crippen LogP contribution in [0.15, 0.2) is 30.5 Å². The predicted octanol–water partition coefficient (Wildman–Crippen LogP) is 2.27. The second-order valence-corrected chi connectivity index (χ2v) is 5.02. The molecule has 0 saturated carbocycles. The molecule has 20 heavy (non-hydrogen) atoms. The van der Waals surface area contributed by atoms with Crippen molar-refractivity contribution in [2.24, 2.45) is 0 Å². The van der Waals surface area contributed by atoms with Crippen LogP contribution in [0.2, 0.25) is 0 Å². The third-order valence-corrected chi connectivity index (χ3v) is 3.65. The average Bonchev–Trinajstić information content (AvgIpc) is 2.99.